The Labute approximate surface area is 134 Å². The zero-order valence-corrected chi connectivity index (χ0v) is 13.0. The third-order valence-electron chi connectivity index (χ3n) is 4.31. The van der Waals surface area contributed by atoms with Gasteiger partial charge in [-0.25, -0.2) is 8.78 Å². The number of halogens is 2. The van der Waals surface area contributed by atoms with Crippen molar-refractivity contribution in [3.63, 3.8) is 0 Å². The highest BCUT2D eigenvalue weighted by Gasteiger charge is 2.19. The van der Waals surface area contributed by atoms with E-state index in [1.54, 1.807) is 12.1 Å². The van der Waals surface area contributed by atoms with Gasteiger partial charge in [0.15, 0.2) is 0 Å². The Hall–Kier alpha value is -2.47. The smallest absolute Gasteiger partial charge is 0.144 e. The lowest BCUT2D eigenvalue weighted by molar-refractivity contribution is 0.606. The van der Waals surface area contributed by atoms with Gasteiger partial charge in [0.2, 0.25) is 0 Å². The van der Waals surface area contributed by atoms with Crippen molar-refractivity contribution in [1.82, 2.24) is 0 Å². The van der Waals surface area contributed by atoms with Crippen LogP contribution < -0.4 is 0 Å². The lowest BCUT2D eigenvalue weighted by atomic mass is 9.86. The molecule has 0 spiro atoms. The summed E-state index contributed by atoms with van der Waals surface area (Å²) in [7, 11) is 0. The summed E-state index contributed by atoms with van der Waals surface area (Å²) >= 11 is 0. The van der Waals surface area contributed by atoms with Crippen LogP contribution in [-0.4, -0.2) is 0 Å². The molecule has 0 atom stereocenters. The van der Waals surface area contributed by atoms with Gasteiger partial charge in [0.05, 0.1) is 5.56 Å². The Kier molecular flexibility index (Phi) is 4.25. The molecule has 0 saturated heterocycles. The number of nitrogens with zero attached hydrogens (tertiary/aromatic N) is 1. The molecule has 0 radical (unpaired) electrons. The Balaban J connectivity index is 1.93. The van der Waals surface area contributed by atoms with E-state index in [0.717, 1.165) is 29.5 Å². The van der Waals surface area contributed by atoms with Gasteiger partial charge >= 0.3 is 0 Å². The molecule has 1 nitrogen and oxygen atoms in total. The van der Waals surface area contributed by atoms with E-state index in [1.807, 2.05) is 24.3 Å². The second-order valence-electron chi connectivity index (χ2n) is 5.85. The van der Waals surface area contributed by atoms with Crippen LogP contribution in [0.15, 0.2) is 36.4 Å². The molecule has 3 rings (SSSR count). The van der Waals surface area contributed by atoms with Crippen molar-refractivity contribution in [1.29, 1.82) is 5.26 Å². The molecular formula is C20H17F2N. The van der Waals surface area contributed by atoms with Gasteiger partial charge in [0, 0.05) is 5.56 Å². The number of nitriles is 1. The molecule has 0 aromatic heterocycles. The van der Waals surface area contributed by atoms with Crippen molar-refractivity contribution < 1.29 is 8.78 Å². The summed E-state index contributed by atoms with van der Waals surface area (Å²) in [6.07, 6.45) is 4.59. The van der Waals surface area contributed by atoms with E-state index < -0.39 is 5.82 Å². The number of allylic oxidation sites excluding steroid dienone is 2. The molecule has 1 aliphatic carbocycles. The largest absolute Gasteiger partial charge is 0.206 e. The molecule has 0 N–H and O–H groups in total. The molecule has 3 heteroatoms. The summed E-state index contributed by atoms with van der Waals surface area (Å²) in [6, 6.07) is 10.5. The average molecular weight is 309 g/mol. The highest BCUT2D eigenvalue weighted by atomic mass is 19.1. The summed E-state index contributed by atoms with van der Waals surface area (Å²) < 4.78 is 28.5. The minimum absolute atomic E-state index is 0.0655. The molecule has 0 amide bonds. The van der Waals surface area contributed by atoms with E-state index in [9.17, 15) is 8.78 Å². The molecule has 0 heterocycles. The van der Waals surface area contributed by atoms with Crippen LogP contribution >= 0.6 is 0 Å². The zero-order valence-electron chi connectivity index (χ0n) is 13.0. The maximum atomic E-state index is 14.4. The quantitative estimate of drug-likeness (QED) is 0.785. The Morgan fingerprint density at radius 3 is 2.70 bits per heavy atom. The first-order chi connectivity index (χ1) is 11.1. The molecular weight excluding hydrogens is 292 g/mol. The van der Waals surface area contributed by atoms with Crippen molar-refractivity contribution in [3.8, 4) is 6.07 Å². The minimum atomic E-state index is -0.445. The monoisotopic (exact) mass is 309 g/mol. The fourth-order valence-electron chi connectivity index (χ4n) is 3.10. The van der Waals surface area contributed by atoms with E-state index in [2.05, 4.69) is 6.92 Å². The number of hydrogen-bond acceptors (Lipinski definition) is 1. The van der Waals surface area contributed by atoms with Crippen LogP contribution in [0.3, 0.4) is 0 Å². The van der Waals surface area contributed by atoms with Crippen LogP contribution in [0.4, 0.5) is 8.78 Å². The van der Waals surface area contributed by atoms with E-state index in [-0.39, 0.29) is 11.4 Å². The molecule has 2 aromatic carbocycles. The summed E-state index contributed by atoms with van der Waals surface area (Å²) in [6.45, 7) is 2.07. The summed E-state index contributed by atoms with van der Waals surface area (Å²) in [5.41, 5.74) is 3.90. The Bertz CT molecular complexity index is 828. The predicted octanol–water partition coefficient (Wildman–Crippen LogP) is 4.97. The van der Waals surface area contributed by atoms with Gasteiger partial charge in [-0.1, -0.05) is 37.6 Å². The predicted molar refractivity (Wildman–Crippen MR) is 86.9 cm³/mol. The van der Waals surface area contributed by atoms with Gasteiger partial charge in [-0.05, 0) is 53.7 Å². The zero-order chi connectivity index (χ0) is 16.4. The molecule has 0 bridgehead atoms. The van der Waals surface area contributed by atoms with E-state index in [1.165, 1.54) is 6.07 Å². The minimum Gasteiger partial charge on any atom is -0.206 e. The summed E-state index contributed by atoms with van der Waals surface area (Å²) in [5, 5.41) is 8.90. The summed E-state index contributed by atoms with van der Waals surface area (Å²) in [4.78, 5) is 0. The maximum Gasteiger partial charge on any atom is 0.144 e. The van der Waals surface area contributed by atoms with Crippen molar-refractivity contribution in [2.75, 3.05) is 0 Å². The van der Waals surface area contributed by atoms with E-state index in [0.29, 0.717) is 24.0 Å². The third-order valence-corrected chi connectivity index (χ3v) is 4.31. The second kappa shape index (κ2) is 6.34. The summed E-state index contributed by atoms with van der Waals surface area (Å²) in [5.74, 6) is -0.668. The number of fused-ring (bicyclic) bond motifs is 1. The van der Waals surface area contributed by atoms with Crippen LogP contribution in [0.5, 0.6) is 0 Å². The van der Waals surface area contributed by atoms with Gasteiger partial charge in [-0.15, -0.1) is 0 Å². The molecule has 23 heavy (non-hydrogen) atoms. The number of benzene rings is 2. The van der Waals surface area contributed by atoms with Crippen molar-refractivity contribution in [2.45, 2.75) is 32.6 Å². The van der Waals surface area contributed by atoms with Crippen molar-refractivity contribution in [2.24, 2.45) is 0 Å². The Morgan fingerprint density at radius 2 is 2.00 bits per heavy atom. The molecule has 0 saturated carbocycles. The van der Waals surface area contributed by atoms with Gasteiger partial charge in [0.25, 0.3) is 0 Å². The maximum absolute atomic E-state index is 14.4. The molecule has 0 unspecified atom stereocenters. The number of aryl methyl sites for hydroxylation is 1. The van der Waals surface area contributed by atoms with Crippen LogP contribution in [0.25, 0.3) is 5.57 Å². The van der Waals surface area contributed by atoms with Gasteiger partial charge in [-0.2, -0.15) is 5.26 Å². The SMILES string of the molecule is CCCc1ccc(C2=CCc3c(ccc(C#N)c3F)C2)c(F)c1. The normalized spacial score (nSPS) is 13.2. The second-order valence-corrected chi connectivity index (χ2v) is 5.85. The first-order valence-electron chi connectivity index (χ1n) is 7.82. The van der Waals surface area contributed by atoms with Crippen LogP contribution in [0.2, 0.25) is 0 Å². The third kappa shape index (κ3) is 2.90. The fourth-order valence-corrected chi connectivity index (χ4v) is 3.10. The molecule has 1 aliphatic rings. The van der Waals surface area contributed by atoms with Crippen LogP contribution in [-0.2, 0) is 19.3 Å². The number of rotatable bonds is 3. The number of hydrogen-bond donors (Lipinski definition) is 0. The highest BCUT2D eigenvalue weighted by molar-refractivity contribution is 5.71. The lowest BCUT2D eigenvalue weighted by Crippen LogP contribution is -2.07. The van der Waals surface area contributed by atoms with Gasteiger partial charge in [0.1, 0.15) is 17.7 Å². The van der Waals surface area contributed by atoms with Crippen molar-refractivity contribution >= 4 is 5.57 Å². The molecule has 2 aromatic rings. The Morgan fingerprint density at radius 1 is 1.17 bits per heavy atom. The molecule has 0 aliphatic heterocycles. The van der Waals surface area contributed by atoms with E-state index >= 15 is 0 Å². The average Bonchev–Trinajstić information content (AvgIpc) is 2.55. The van der Waals surface area contributed by atoms with E-state index in [4.69, 9.17) is 5.26 Å². The fraction of sp³-hybridized carbons (Fsp3) is 0.250. The first-order valence-corrected chi connectivity index (χ1v) is 7.82. The van der Waals surface area contributed by atoms with Crippen LogP contribution in [0.1, 0.15) is 41.2 Å². The van der Waals surface area contributed by atoms with Gasteiger partial charge in [-0.3, -0.25) is 0 Å². The lowest BCUT2D eigenvalue weighted by Gasteiger charge is -2.19. The highest BCUT2D eigenvalue weighted by Crippen LogP contribution is 2.31. The van der Waals surface area contributed by atoms with Crippen molar-refractivity contribution in [3.05, 3.63) is 75.9 Å². The van der Waals surface area contributed by atoms with Gasteiger partial charge < -0.3 is 0 Å². The standard InChI is InChI=1S/C20H17F2N/c1-2-3-13-4-8-17(19(21)10-13)14-7-9-18-15(11-14)5-6-16(12-23)20(18)22/h4-8,10H,2-3,9,11H2,1H3. The first kappa shape index (κ1) is 15.4. The molecule has 0 fully saturated rings. The van der Waals surface area contributed by atoms with Crippen LogP contribution in [0, 0.1) is 23.0 Å². The molecule has 116 valence electrons. The topological polar surface area (TPSA) is 23.8 Å².